The fourth-order valence-corrected chi connectivity index (χ4v) is 3.76. The molecule has 4 rings (SSSR count). The zero-order valence-electron chi connectivity index (χ0n) is 16.6. The molecule has 1 amide bonds. The van der Waals surface area contributed by atoms with Crippen molar-refractivity contribution in [2.75, 3.05) is 11.1 Å². The molecule has 0 aliphatic rings. The average molecular weight is 420 g/mol. The molecular formula is C21H21N7OS. The van der Waals surface area contributed by atoms with E-state index < -0.39 is 0 Å². The summed E-state index contributed by atoms with van der Waals surface area (Å²) in [6.45, 7) is 4.21. The molecule has 0 radical (unpaired) electrons. The fraction of sp³-hybridized carbons (Fsp3) is 0.143. The summed E-state index contributed by atoms with van der Waals surface area (Å²) >= 11 is 1.47. The summed E-state index contributed by atoms with van der Waals surface area (Å²) in [7, 11) is 0. The third kappa shape index (κ3) is 4.31. The van der Waals surface area contributed by atoms with Crippen molar-refractivity contribution in [2.45, 2.75) is 20.4 Å². The molecule has 0 atom stereocenters. The number of nitrogens with zero attached hydrogens (tertiary/aromatic N) is 4. The number of hydrogen-bond acceptors (Lipinski definition) is 7. The number of anilines is 3. The number of benzene rings is 1. The van der Waals surface area contributed by atoms with Crippen LogP contribution in [0.15, 0.2) is 54.2 Å². The second-order valence-electron chi connectivity index (χ2n) is 6.79. The maximum absolute atomic E-state index is 12.6. The van der Waals surface area contributed by atoms with Crippen LogP contribution in [0.4, 0.5) is 16.6 Å². The Morgan fingerprint density at radius 2 is 2.00 bits per heavy atom. The highest BCUT2D eigenvalue weighted by Crippen LogP contribution is 2.22. The zero-order valence-corrected chi connectivity index (χ0v) is 17.4. The number of para-hydroxylation sites is 1. The molecule has 4 N–H and O–H groups in total. The van der Waals surface area contributed by atoms with Gasteiger partial charge in [-0.3, -0.25) is 4.79 Å². The first kappa shape index (κ1) is 19.6. The van der Waals surface area contributed by atoms with Gasteiger partial charge in [0.1, 0.15) is 5.82 Å². The van der Waals surface area contributed by atoms with E-state index in [1.54, 1.807) is 16.9 Å². The third-order valence-electron chi connectivity index (χ3n) is 4.60. The van der Waals surface area contributed by atoms with Gasteiger partial charge in [-0.1, -0.05) is 18.2 Å². The first-order valence-corrected chi connectivity index (χ1v) is 10.2. The number of nitrogens with one attached hydrogen (secondary N) is 2. The number of amides is 1. The number of aryl methyl sites for hydroxylation is 2. The maximum Gasteiger partial charge on any atom is 0.254 e. The molecule has 0 bridgehead atoms. The second-order valence-corrected chi connectivity index (χ2v) is 7.64. The normalized spacial score (nSPS) is 10.7. The van der Waals surface area contributed by atoms with Crippen LogP contribution in [0.5, 0.6) is 0 Å². The van der Waals surface area contributed by atoms with Crippen molar-refractivity contribution >= 4 is 33.9 Å². The lowest BCUT2D eigenvalue weighted by atomic mass is 10.1. The predicted octanol–water partition coefficient (Wildman–Crippen LogP) is 3.60. The second kappa shape index (κ2) is 8.34. The molecule has 152 valence electrons. The number of carbonyl (C=O) groups excluding carboxylic acids is 1. The Labute approximate surface area is 177 Å². The molecule has 0 spiro atoms. The lowest BCUT2D eigenvalue weighted by molar-refractivity contribution is 0.0951. The van der Waals surface area contributed by atoms with Crippen LogP contribution in [-0.4, -0.2) is 25.7 Å². The molecule has 8 nitrogen and oxygen atoms in total. The van der Waals surface area contributed by atoms with Gasteiger partial charge in [-0.15, -0.1) is 11.3 Å². The van der Waals surface area contributed by atoms with Gasteiger partial charge in [-0.25, -0.2) is 14.6 Å². The van der Waals surface area contributed by atoms with Gasteiger partial charge in [0.05, 0.1) is 11.8 Å². The molecule has 0 saturated carbocycles. The van der Waals surface area contributed by atoms with Crippen molar-refractivity contribution in [3.8, 4) is 5.82 Å². The van der Waals surface area contributed by atoms with Crippen molar-refractivity contribution in [1.82, 2.24) is 25.1 Å². The van der Waals surface area contributed by atoms with E-state index in [0.29, 0.717) is 23.7 Å². The van der Waals surface area contributed by atoms with Crippen LogP contribution in [0.1, 0.15) is 27.2 Å². The number of aromatic nitrogens is 4. The van der Waals surface area contributed by atoms with E-state index in [9.17, 15) is 4.79 Å². The monoisotopic (exact) mass is 419 g/mol. The molecule has 9 heteroatoms. The molecule has 0 unspecified atom stereocenters. The Balaban J connectivity index is 1.42. The van der Waals surface area contributed by atoms with Crippen molar-refractivity contribution < 1.29 is 4.79 Å². The molecule has 1 aromatic carbocycles. The Morgan fingerprint density at radius 1 is 1.20 bits per heavy atom. The standard InChI is InChI=1S/C21H21N7OS/c1-13-8-18(22)25-14(2)17(13)10-23-20(29)15-9-24-28(11-15)19-12-30-21(27-19)26-16-6-4-3-5-7-16/h3-9,11-12H,10H2,1-2H3,(H2,22,25)(H,23,29)(H,26,27). The minimum absolute atomic E-state index is 0.213. The Kier molecular flexibility index (Phi) is 5.44. The van der Waals surface area contributed by atoms with E-state index in [0.717, 1.165) is 27.6 Å². The zero-order chi connectivity index (χ0) is 21.1. The van der Waals surface area contributed by atoms with E-state index in [-0.39, 0.29) is 5.91 Å². The number of nitrogen functional groups attached to an aromatic ring is 1. The largest absolute Gasteiger partial charge is 0.384 e. The first-order chi connectivity index (χ1) is 14.5. The lowest BCUT2D eigenvalue weighted by Gasteiger charge is -2.10. The Bertz CT molecular complexity index is 1160. The number of carbonyl (C=O) groups is 1. The van der Waals surface area contributed by atoms with Gasteiger partial charge >= 0.3 is 0 Å². The van der Waals surface area contributed by atoms with Gasteiger partial charge in [0.25, 0.3) is 5.91 Å². The number of thiazole rings is 1. The minimum Gasteiger partial charge on any atom is -0.384 e. The number of hydrogen-bond donors (Lipinski definition) is 3. The third-order valence-corrected chi connectivity index (χ3v) is 5.34. The summed E-state index contributed by atoms with van der Waals surface area (Å²) in [5, 5.41) is 13.1. The average Bonchev–Trinajstić information content (AvgIpc) is 3.37. The van der Waals surface area contributed by atoms with Crippen LogP contribution >= 0.6 is 11.3 Å². The maximum atomic E-state index is 12.6. The molecule has 3 heterocycles. The Hall–Kier alpha value is -3.72. The van der Waals surface area contributed by atoms with Crippen LogP contribution in [-0.2, 0) is 6.54 Å². The minimum atomic E-state index is -0.213. The SMILES string of the molecule is Cc1cc(N)nc(C)c1CNC(=O)c1cnn(-c2csc(Nc3ccccc3)n2)c1. The van der Waals surface area contributed by atoms with E-state index >= 15 is 0 Å². The topological polar surface area (TPSA) is 111 Å². The molecule has 0 fully saturated rings. The quantitative estimate of drug-likeness (QED) is 0.440. The van der Waals surface area contributed by atoms with Gasteiger partial charge in [-0.2, -0.15) is 5.10 Å². The number of pyridine rings is 1. The molecule has 3 aromatic heterocycles. The molecule has 30 heavy (non-hydrogen) atoms. The molecule has 0 saturated heterocycles. The summed E-state index contributed by atoms with van der Waals surface area (Å²) in [6, 6.07) is 11.6. The van der Waals surface area contributed by atoms with Crippen molar-refractivity contribution in [1.29, 1.82) is 0 Å². The van der Waals surface area contributed by atoms with Crippen LogP contribution in [0, 0.1) is 13.8 Å². The highest BCUT2D eigenvalue weighted by atomic mass is 32.1. The summed E-state index contributed by atoms with van der Waals surface area (Å²) in [5.74, 6) is 0.910. The smallest absolute Gasteiger partial charge is 0.254 e. The van der Waals surface area contributed by atoms with Crippen LogP contribution in [0.2, 0.25) is 0 Å². The predicted molar refractivity (Wildman–Crippen MR) is 118 cm³/mol. The summed E-state index contributed by atoms with van der Waals surface area (Å²) < 4.78 is 1.59. The summed E-state index contributed by atoms with van der Waals surface area (Å²) in [5.41, 5.74) is 9.94. The van der Waals surface area contributed by atoms with Gasteiger partial charge in [0.2, 0.25) is 0 Å². The van der Waals surface area contributed by atoms with Crippen molar-refractivity contribution in [2.24, 2.45) is 0 Å². The van der Waals surface area contributed by atoms with Gasteiger partial charge in [-0.05, 0) is 43.2 Å². The molecule has 0 aliphatic carbocycles. The Morgan fingerprint density at radius 3 is 2.77 bits per heavy atom. The van der Waals surface area contributed by atoms with E-state index in [2.05, 4.69) is 25.7 Å². The highest BCUT2D eigenvalue weighted by Gasteiger charge is 2.13. The van der Waals surface area contributed by atoms with Gasteiger partial charge in [0, 0.05) is 29.5 Å². The molecular weight excluding hydrogens is 398 g/mol. The van der Waals surface area contributed by atoms with Crippen molar-refractivity contribution in [3.63, 3.8) is 0 Å². The lowest BCUT2D eigenvalue weighted by Crippen LogP contribution is -2.23. The highest BCUT2D eigenvalue weighted by molar-refractivity contribution is 7.14. The molecule has 0 aliphatic heterocycles. The molecule has 4 aromatic rings. The van der Waals surface area contributed by atoms with E-state index in [1.807, 2.05) is 49.6 Å². The first-order valence-electron chi connectivity index (χ1n) is 9.33. The van der Waals surface area contributed by atoms with E-state index in [4.69, 9.17) is 5.73 Å². The van der Waals surface area contributed by atoms with Crippen LogP contribution < -0.4 is 16.4 Å². The van der Waals surface area contributed by atoms with Crippen LogP contribution in [0.3, 0.4) is 0 Å². The number of nitrogens with two attached hydrogens (primary N) is 1. The van der Waals surface area contributed by atoms with Crippen LogP contribution in [0.25, 0.3) is 5.82 Å². The van der Waals surface area contributed by atoms with E-state index in [1.165, 1.54) is 17.5 Å². The van der Waals surface area contributed by atoms with Gasteiger partial charge < -0.3 is 16.4 Å². The van der Waals surface area contributed by atoms with Gasteiger partial charge in [0.15, 0.2) is 10.9 Å². The summed E-state index contributed by atoms with van der Waals surface area (Å²) in [4.78, 5) is 21.3. The number of rotatable bonds is 6. The van der Waals surface area contributed by atoms with Crippen molar-refractivity contribution in [3.05, 3.63) is 76.6 Å². The fourth-order valence-electron chi connectivity index (χ4n) is 3.06. The summed E-state index contributed by atoms with van der Waals surface area (Å²) in [6.07, 6.45) is 3.19.